The Hall–Kier alpha value is -2.79. The number of hydrogen-bond donors (Lipinski definition) is 0. The highest BCUT2D eigenvalue weighted by Crippen LogP contribution is 2.38. The molecular weight excluding hydrogens is 424 g/mol. The lowest BCUT2D eigenvalue weighted by Crippen LogP contribution is -2.38. The van der Waals surface area contributed by atoms with Crippen LogP contribution < -0.4 is 9.64 Å². The van der Waals surface area contributed by atoms with Crippen LogP contribution in [0.3, 0.4) is 0 Å². The van der Waals surface area contributed by atoms with Gasteiger partial charge in [-0.2, -0.15) is 0 Å². The molecule has 1 fully saturated rings. The summed E-state index contributed by atoms with van der Waals surface area (Å²) in [5, 5.41) is 0.489. The number of piperidine rings is 1. The molecule has 0 spiro atoms. The summed E-state index contributed by atoms with van der Waals surface area (Å²) in [6.45, 7) is 9.56. The van der Waals surface area contributed by atoms with Gasteiger partial charge < -0.3 is 9.64 Å². The lowest BCUT2D eigenvalue weighted by molar-refractivity contribution is -0.120. The normalized spacial score (nSPS) is 17.7. The van der Waals surface area contributed by atoms with Crippen molar-refractivity contribution in [3.63, 3.8) is 0 Å². The van der Waals surface area contributed by atoms with Gasteiger partial charge in [0.25, 0.3) is 11.8 Å². The summed E-state index contributed by atoms with van der Waals surface area (Å²) in [5.41, 5.74) is 3.00. The second kappa shape index (κ2) is 8.99. The summed E-state index contributed by atoms with van der Waals surface area (Å²) in [5.74, 6) is 0.747. The average Bonchev–Trinajstić information content (AvgIpc) is 3.01. The molecule has 2 heterocycles. The molecule has 0 atom stereocenters. The Kier molecular flexibility index (Phi) is 6.29. The van der Waals surface area contributed by atoms with Gasteiger partial charge in [-0.25, -0.2) is 4.90 Å². The molecule has 2 aromatic carbocycles. The monoisotopic (exact) mass is 452 g/mol. The van der Waals surface area contributed by atoms with Crippen LogP contribution in [0.1, 0.15) is 44.7 Å². The molecule has 2 aliphatic heterocycles. The van der Waals surface area contributed by atoms with Crippen molar-refractivity contribution in [3.05, 3.63) is 64.3 Å². The molecule has 2 amide bonds. The van der Waals surface area contributed by atoms with Gasteiger partial charge in [0, 0.05) is 18.1 Å². The fourth-order valence-electron chi connectivity index (χ4n) is 4.32. The van der Waals surface area contributed by atoms with E-state index in [4.69, 9.17) is 16.3 Å². The third-order valence-electron chi connectivity index (χ3n) is 6.09. The zero-order chi connectivity index (χ0) is 23.0. The van der Waals surface area contributed by atoms with Crippen molar-refractivity contribution < 1.29 is 14.3 Å². The molecule has 0 aliphatic carbocycles. The molecule has 2 aliphatic rings. The van der Waals surface area contributed by atoms with Crippen LogP contribution in [0.5, 0.6) is 5.75 Å². The molecular formula is C26H29ClN2O3. The summed E-state index contributed by atoms with van der Waals surface area (Å²) in [7, 11) is 0. The minimum absolute atomic E-state index is 0.0574. The van der Waals surface area contributed by atoms with Crippen LogP contribution in [0.2, 0.25) is 5.02 Å². The van der Waals surface area contributed by atoms with E-state index in [0.29, 0.717) is 27.9 Å². The van der Waals surface area contributed by atoms with E-state index in [-0.39, 0.29) is 17.9 Å². The SMILES string of the molecule is Cc1ccc(Cl)cc1N1C(=O)C(c2ccc(OC(C)C)cc2)=C(N2CCC(C)CC2)C1=O. The number of aryl methyl sites for hydroxylation is 1. The number of hydrogen-bond acceptors (Lipinski definition) is 4. The minimum Gasteiger partial charge on any atom is -0.491 e. The van der Waals surface area contributed by atoms with E-state index >= 15 is 0 Å². The predicted molar refractivity (Wildman–Crippen MR) is 128 cm³/mol. The number of nitrogens with zero attached hydrogens (tertiary/aromatic N) is 2. The molecule has 0 aromatic heterocycles. The van der Waals surface area contributed by atoms with E-state index in [9.17, 15) is 9.59 Å². The first-order chi connectivity index (χ1) is 15.3. The number of carbonyl (C=O) groups excluding carboxylic acids is 2. The number of amides is 2. The maximum Gasteiger partial charge on any atom is 0.282 e. The second-order valence-corrected chi connectivity index (χ2v) is 9.40. The lowest BCUT2D eigenvalue weighted by Gasteiger charge is -2.32. The van der Waals surface area contributed by atoms with Gasteiger partial charge in [0.15, 0.2) is 0 Å². The van der Waals surface area contributed by atoms with Crippen LogP contribution in [0.15, 0.2) is 48.2 Å². The van der Waals surface area contributed by atoms with E-state index in [2.05, 4.69) is 11.8 Å². The highest BCUT2D eigenvalue weighted by Gasteiger charge is 2.43. The molecule has 0 saturated carbocycles. The summed E-state index contributed by atoms with van der Waals surface area (Å²) >= 11 is 6.22. The maximum atomic E-state index is 13.7. The van der Waals surface area contributed by atoms with Gasteiger partial charge in [0.2, 0.25) is 0 Å². The number of rotatable bonds is 5. The van der Waals surface area contributed by atoms with Gasteiger partial charge in [-0.15, -0.1) is 0 Å². The maximum absolute atomic E-state index is 13.7. The first-order valence-corrected chi connectivity index (χ1v) is 11.5. The summed E-state index contributed by atoms with van der Waals surface area (Å²) in [6, 6.07) is 12.7. The molecule has 0 unspecified atom stereocenters. The van der Waals surface area contributed by atoms with Crippen molar-refractivity contribution in [2.45, 2.75) is 46.6 Å². The number of imide groups is 1. The number of halogens is 1. The number of anilines is 1. The molecule has 6 heteroatoms. The Morgan fingerprint density at radius 2 is 1.66 bits per heavy atom. The van der Waals surface area contributed by atoms with Crippen LogP contribution in [0.25, 0.3) is 5.57 Å². The molecule has 0 bridgehead atoms. The largest absolute Gasteiger partial charge is 0.491 e. The number of ether oxygens (including phenoxy) is 1. The first-order valence-electron chi connectivity index (χ1n) is 11.2. The topological polar surface area (TPSA) is 49.9 Å². The van der Waals surface area contributed by atoms with Crippen LogP contribution in [0.4, 0.5) is 5.69 Å². The minimum atomic E-state index is -0.313. The first kappa shape index (κ1) is 22.4. The van der Waals surface area contributed by atoms with Gasteiger partial charge in [0.1, 0.15) is 11.4 Å². The van der Waals surface area contributed by atoms with E-state index in [1.54, 1.807) is 12.1 Å². The van der Waals surface area contributed by atoms with Gasteiger partial charge in [-0.05, 0) is 74.9 Å². The van der Waals surface area contributed by atoms with E-state index in [1.807, 2.05) is 51.1 Å². The van der Waals surface area contributed by atoms with E-state index in [0.717, 1.165) is 42.8 Å². The summed E-state index contributed by atoms with van der Waals surface area (Å²) in [4.78, 5) is 30.8. The third kappa shape index (κ3) is 4.26. The number of benzene rings is 2. The smallest absolute Gasteiger partial charge is 0.282 e. The highest BCUT2D eigenvalue weighted by molar-refractivity contribution is 6.45. The third-order valence-corrected chi connectivity index (χ3v) is 6.32. The van der Waals surface area contributed by atoms with Gasteiger partial charge >= 0.3 is 0 Å². The Morgan fingerprint density at radius 3 is 2.28 bits per heavy atom. The van der Waals surface area contributed by atoms with Crippen molar-refractivity contribution in [3.8, 4) is 5.75 Å². The van der Waals surface area contributed by atoms with Crippen molar-refractivity contribution in [1.82, 2.24) is 4.90 Å². The zero-order valence-electron chi connectivity index (χ0n) is 19.0. The summed E-state index contributed by atoms with van der Waals surface area (Å²) in [6.07, 6.45) is 2.05. The van der Waals surface area contributed by atoms with Crippen LogP contribution in [-0.4, -0.2) is 35.9 Å². The Balaban J connectivity index is 1.79. The van der Waals surface area contributed by atoms with E-state index in [1.165, 1.54) is 4.90 Å². The van der Waals surface area contributed by atoms with Gasteiger partial charge in [0.05, 0.1) is 17.4 Å². The highest BCUT2D eigenvalue weighted by atomic mass is 35.5. The molecule has 32 heavy (non-hydrogen) atoms. The molecule has 5 nitrogen and oxygen atoms in total. The zero-order valence-corrected chi connectivity index (χ0v) is 19.8. The van der Waals surface area contributed by atoms with Crippen LogP contribution in [-0.2, 0) is 9.59 Å². The van der Waals surface area contributed by atoms with Gasteiger partial charge in [-0.3, -0.25) is 9.59 Å². The summed E-state index contributed by atoms with van der Waals surface area (Å²) < 4.78 is 5.75. The fraction of sp³-hybridized carbons (Fsp3) is 0.385. The van der Waals surface area contributed by atoms with Crippen molar-refractivity contribution in [2.75, 3.05) is 18.0 Å². The van der Waals surface area contributed by atoms with Crippen molar-refractivity contribution >= 4 is 34.7 Å². The lowest BCUT2D eigenvalue weighted by atomic mass is 9.97. The molecule has 2 aromatic rings. The predicted octanol–water partition coefficient (Wildman–Crippen LogP) is 5.45. The molecule has 0 N–H and O–H groups in total. The molecule has 168 valence electrons. The number of carbonyl (C=O) groups is 2. The number of likely N-dealkylation sites (tertiary alicyclic amines) is 1. The fourth-order valence-corrected chi connectivity index (χ4v) is 4.48. The average molecular weight is 453 g/mol. The Morgan fingerprint density at radius 1 is 1.00 bits per heavy atom. The van der Waals surface area contributed by atoms with Crippen molar-refractivity contribution in [1.29, 1.82) is 0 Å². The van der Waals surface area contributed by atoms with Crippen LogP contribution >= 0.6 is 11.6 Å². The molecule has 4 rings (SSSR count). The van der Waals surface area contributed by atoms with Gasteiger partial charge in [-0.1, -0.05) is 36.7 Å². The quantitative estimate of drug-likeness (QED) is 0.566. The molecule has 0 radical (unpaired) electrons. The standard InChI is InChI=1S/C26H29ClN2O3/c1-16(2)32-21-9-6-19(7-10-21)23-24(28-13-11-17(3)12-14-28)26(31)29(25(23)30)22-15-20(27)8-5-18(22)4/h5-10,15-17H,11-14H2,1-4H3. The Bertz CT molecular complexity index is 1070. The Labute approximate surface area is 194 Å². The van der Waals surface area contributed by atoms with Crippen LogP contribution in [0, 0.1) is 12.8 Å². The van der Waals surface area contributed by atoms with E-state index < -0.39 is 0 Å². The second-order valence-electron chi connectivity index (χ2n) is 8.96. The molecule has 1 saturated heterocycles. The van der Waals surface area contributed by atoms with Crippen molar-refractivity contribution in [2.24, 2.45) is 5.92 Å².